The molecule has 1 N–H and O–H groups in total. The molecule has 1 aromatic heterocycles. The van der Waals surface area contributed by atoms with Crippen LogP contribution in [0.1, 0.15) is 18.5 Å². The van der Waals surface area contributed by atoms with E-state index in [9.17, 15) is 4.79 Å². The highest BCUT2D eigenvalue weighted by molar-refractivity contribution is 9.10. The third-order valence-corrected chi connectivity index (χ3v) is 5.38. The van der Waals surface area contributed by atoms with Gasteiger partial charge in [-0.2, -0.15) is 0 Å². The summed E-state index contributed by atoms with van der Waals surface area (Å²) in [7, 11) is 1.97. The molecular weight excluding hydrogens is 386 g/mol. The third-order valence-electron chi connectivity index (χ3n) is 3.83. The molecular formula is C18H18BrN3OS. The Morgan fingerprint density at radius 1 is 1.25 bits per heavy atom. The molecule has 1 amide bonds. The number of aromatic nitrogens is 2. The number of carbonyl (C=O) groups excluding carboxylic acids is 1. The van der Waals surface area contributed by atoms with Gasteiger partial charge in [0, 0.05) is 11.5 Å². The Labute approximate surface area is 153 Å². The number of thioether (sulfide) groups is 1. The van der Waals surface area contributed by atoms with Crippen LogP contribution in [-0.2, 0) is 11.8 Å². The molecule has 0 aliphatic heterocycles. The topological polar surface area (TPSA) is 46.9 Å². The number of para-hydroxylation sites is 2. The fourth-order valence-electron chi connectivity index (χ4n) is 2.50. The van der Waals surface area contributed by atoms with Crippen LogP contribution in [0.25, 0.3) is 11.0 Å². The molecule has 24 heavy (non-hydrogen) atoms. The first-order valence-electron chi connectivity index (χ1n) is 7.63. The minimum Gasteiger partial charge on any atom is -0.349 e. The van der Waals surface area contributed by atoms with Gasteiger partial charge in [-0.15, -0.1) is 0 Å². The standard InChI is InChI=1S/C18H18BrN3OS/c1-12(13-7-9-14(19)10-8-13)20-17(23)11-24-18-21-15-5-3-4-6-16(15)22(18)2/h3-10,12H,11H2,1-2H3,(H,20,23). The first kappa shape index (κ1) is 17.0. The highest BCUT2D eigenvalue weighted by atomic mass is 79.9. The van der Waals surface area contributed by atoms with Crippen LogP contribution in [0.2, 0.25) is 0 Å². The molecule has 3 rings (SSSR count). The van der Waals surface area contributed by atoms with Crippen LogP contribution in [0.4, 0.5) is 0 Å². The van der Waals surface area contributed by atoms with Gasteiger partial charge >= 0.3 is 0 Å². The van der Waals surface area contributed by atoms with Crippen molar-refractivity contribution in [1.29, 1.82) is 0 Å². The highest BCUT2D eigenvalue weighted by Gasteiger charge is 2.13. The summed E-state index contributed by atoms with van der Waals surface area (Å²) < 4.78 is 3.05. The summed E-state index contributed by atoms with van der Waals surface area (Å²) in [6, 6.07) is 15.9. The van der Waals surface area contributed by atoms with Crippen molar-refractivity contribution in [2.75, 3.05) is 5.75 Å². The molecule has 0 spiro atoms. The second-order valence-corrected chi connectivity index (χ2v) is 7.43. The minimum absolute atomic E-state index is 0.00229. The zero-order chi connectivity index (χ0) is 17.1. The first-order chi connectivity index (χ1) is 11.5. The summed E-state index contributed by atoms with van der Waals surface area (Å²) in [6.07, 6.45) is 0. The quantitative estimate of drug-likeness (QED) is 0.645. The zero-order valence-electron chi connectivity index (χ0n) is 13.5. The predicted octanol–water partition coefficient (Wildman–Crippen LogP) is 4.31. The lowest BCUT2D eigenvalue weighted by molar-refractivity contribution is -0.119. The lowest BCUT2D eigenvalue weighted by atomic mass is 10.1. The van der Waals surface area contributed by atoms with Gasteiger partial charge < -0.3 is 9.88 Å². The van der Waals surface area contributed by atoms with Crippen molar-refractivity contribution >= 4 is 44.6 Å². The van der Waals surface area contributed by atoms with Gasteiger partial charge in [-0.05, 0) is 36.8 Å². The van der Waals surface area contributed by atoms with Gasteiger partial charge in [-0.3, -0.25) is 4.79 Å². The summed E-state index contributed by atoms with van der Waals surface area (Å²) in [5.74, 6) is 0.348. The smallest absolute Gasteiger partial charge is 0.230 e. The Hall–Kier alpha value is -1.79. The van der Waals surface area contributed by atoms with E-state index in [4.69, 9.17) is 0 Å². The Kier molecular flexibility index (Phi) is 5.26. The van der Waals surface area contributed by atoms with E-state index in [0.29, 0.717) is 5.75 Å². The molecule has 2 aromatic carbocycles. The molecule has 0 aliphatic rings. The summed E-state index contributed by atoms with van der Waals surface area (Å²) in [4.78, 5) is 16.8. The number of amides is 1. The van der Waals surface area contributed by atoms with Gasteiger partial charge in [-0.25, -0.2) is 4.98 Å². The SMILES string of the molecule is CC(NC(=O)CSc1nc2ccccc2n1C)c1ccc(Br)cc1. The molecule has 1 atom stereocenters. The minimum atomic E-state index is -0.0216. The maximum atomic E-state index is 12.2. The van der Waals surface area contributed by atoms with Gasteiger partial charge in [-0.1, -0.05) is 52.0 Å². The number of imidazole rings is 1. The molecule has 4 nitrogen and oxygen atoms in total. The van der Waals surface area contributed by atoms with Crippen LogP contribution in [0.15, 0.2) is 58.2 Å². The van der Waals surface area contributed by atoms with E-state index in [1.54, 1.807) is 0 Å². The number of hydrogen-bond donors (Lipinski definition) is 1. The average molecular weight is 404 g/mol. The number of benzene rings is 2. The molecule has 124 valence electrons. The number of nitrogens with zero attached hydrogens (tertiary/aromatic N) is 2. The Morgan fingerprint density at radius 3 is 2.67 bits per heavy atom. The second-order valence-electron chi connectivity index (χ2n) is 5.57. The zero-order valence-corrected chi connectivity index (χ0v) is 15.9. The number of halogens is 1. The van der Waals surface area contributed by atoms with Crippen molar-refractivity contribution in [2.24, 2.45) is 7.05 Å². The van der Waals surface area contributed by atoms with Gasteiger partial charge in [0.2, 0.25) is 5.91 Å². The van der Waals surface area contributed by atoms with E-state index >= 15 is 0 Å². The number of fused-ring (bicyclic) bond motifs is 1. The van der Waals surface area contributed by atoms with Crippen LogP contribution in [-0.4, -0.2) is 21.2 Å². The van der Waals surface area contributed by atoms with Crippen molar-refractivity contribution in [3.05, 3.63) is 58.6 Å². The first-order valence-corrected chi connectivity index (χ1v) is 9.41. The molecule has 0 bridgehead atoms. The van der Waals surface area contributed by atoms with Crippen LogP contribution in [0, 0.1) is 0 Å². The van der Waals surface area contributed by atoms with Crippen molar-refractivity contribution < 1.29 is 4.79 Å². The molecule has 1 unspecified atom stereocenters. The fourth-order valence-corrected chi connectivity index (χ4v) is 3.56. The van der Waals surface area contributed by atoms with Crippen molar-refractivity contribution in [1.82, 2.24) is 14.9 Å². The summed E-state index contributed by atoms with van der Waals surface area (Å²) >= 11 is 4.87. The van der Waals surface area contributed by atoms with E-state index in [1.165, 1.54) is 11.8 Å². The maximum Gasteiger partial charge on any atom is 0.230 e. The Balaban J connectivity index is 1.60. The fraction of sp³-hybridized carbons (Fsp3) is 0.222. The molecule has 6 heteroatoms. The lowest BCUT2D eigenvalue weighted by Crippen LogP contribution is -2.28. The number of carbonyl (C=O) groups is 1. The highest BCUT2D eigenvalue weighted by Crippen LogP contribution is 2.23. The summed E-state index contributed by atoms with van der Waals surface area (Å²) in [5, 5.41) is 3.88. The van der Waals surface area contributed by atoms with Crippen molar-refractivity contribution in [2.45, 2.75) is 18.1 Å². The largest absolute Gasteiger partial charge is 0.349 e. The predicted molar refractivity (Wildman–Crippen MR) is 102 cm³/mol. The molecule has 0 fully saturated rings. The van der Waals surface area contributed by atoms with Gasteiger partial charge in [0.25, 0.3) is 0 Å². The average Bonchev–Trinajstić information content (AvgIpc) is 2.90. The van der Waals surface area contributed by atoms with Gasteiger partial charge in [0.15, 0.2) is 5.16 Å². The molecule has 3 aromatic rings. The van der Waals surface area contributed by atoms with Gasteiger partial charge in [0.05, 0.1) is 22.8 Å². The number of hydrogen-bond acceptors (Lipinski definition) is 3. The van der Waals surface area contributed by atoms with Crippen molar-refractivity contribution in [3.8, 4) is 0 Å². The van der Waals surface area contributed by atoms with Crippen LogP contribution in [0.5, 0.6) is 0 Å². The van der Waals surface area contributed by atoms with E-state index < -0.39 is 0 Å². The van der Waals surface area contributed by atoms with Crippen molar-refractivity contribution in [3.63, 3.8) is 0 Å². The molecule has 0 aliphatic carbocycles. The summed E-state index contributed by atoms with van der Waals surface area (Å²) in [6.45, 7) is 1.99. The van der Waals surface area contributed by atoms with Crippen LogP contribution >= 0.6 is 27.7 Å². The number of rotatable bonds is 5. The summed E-state index contributed by atoms with van der Waals surface area (Å²) in [5.41, 5.74) is 3.11. The lowest BCUT2D eigenvalue weighted by Gasteiger charge is -2.14. The molecule has 0 radical (unpaired) electrons. The Morgan fingerprint density at radius 2 is 1.96 bits per heavy atom. The Bertz CT molecular complexity index is 860. The maximum absolute atomic E-state index is 12.2. The van der Waals surface area contributed by atoms with Crippen LogP contribution in [0.3, 0.4) is 0 Å². The number of nitrogens with one attached hydrogen (secondary N) is 1. The molecule has 0 saturated carbocycles. The number of aryl methyl sites for hydroxylation is 1. The van der Waals surface area contributed by atoms with E-state index in [1.807, 2.05) is 67.1 Å². The third kappa shape index (κ3) is 3.82. The second kappa shape index (κ2) is 7.40. The molecule has 0 saturated heterocycles. The normalized spacial score (nSPS) is 12.3. The monoisotopic (exact) mass is 403 g/mol. The van der Waals surface area contributed by atoms with Crippen LogP contribution < -0.4 is 5.32 Å². The molecule has 1 heterocycles. The van der Waals surface area contributed by atoms with E-state index in [2.05, 4.69) is 26.2 Å². The van der Waals surface area contributed by atoms with Gasteiger partial charge in [0.1, 0.15) is 0 Å². The van der Waals surface area contributed by atoms with E-state index in [-0.39, 0.29) is 11.9 Å². The van der Waals surface area contributed by atoms with E-state index in [0.717, 1.165) is 26.2 Å².